The molecule has 3 aliphatic rings. The average Bonchev–Trinajstić information content (AvgIpc) is 2.76. The van der Waals surface area contributed by atoms with Crippen molar-refractivity contribution in [3.63, 3.8) is 0 Å². The van der Waals surface area contributed by atoms with Crippen LogP contribution in [-0.4, -0.2) is 58.3 Å². The lowest BCUT2D eigenvalue weighted by atomic mass is 9.63. The minimum Gasteiger partial charge on any atom is -0.386 e. The van der Waals surface area contributed by atoms with Gasteiger partial charge in [0.15, 0.2) is 0 Å². The van der Waals surface area contributed by atoms with Crippen molar-refractivity contribution in [1.29, 1.82) is 0 Å². The highest BCUT2D eigenvalue weighted by Crippen LogP contribution is 2.47. The van der Waals surface area contributed by atoms with E-state index in [9.17, 15) is 5.11 Å². The average molecular weight is 385 g/mol. The molecule has 0 amide bonds. The fourth-order valence-electron chi connectivity index (χ4n) is 6.40. The molecule has 0 radical (unpaired) electrons. The Hall–Kier alpha value is -0.900. The summed E-state index contributed by atoms with van der Waals surface area (Å²) in [5.74, 6) is 0. The smallest absolute Gasteiger partial charge is 0.0985 e. The van der Waals surface area contributed by atoms with E-state index < -0.39 is 5.60 Å². The van der Waals surface area contributed by atoms with Gasteiger partial charge in [-0.3, -0.25) is 9.80 Å². The molecule has 0 spiro atoms. The first-order valence-corrected chi connectivity index (χ1v) is 11.9. The molecule has 2 saturated heterocycles. The van der Waals surface area contributed by atoms with E-state index in [0.29, 0.717) is 6.04 Å². The van der Waals surface area contributed by atoms with Gasteiger partial charge in [-0.05, 0) is 96.5 Å². The Balaban J connectivity index is 1.62. The third kappa shape index (κ3) is 3.91. The SMILES string of the molecule is CC1(N2CCCCC2)CCCC(N2CCCCC2)C1(O)CCc1ccccc1. The van der Waals surface area contributed by atoms with Crippen molar-refractivity contribution in [1.82, 2.24) is 9.80 Å². The molecule has 3 unspecified atom stereocenters. The van der Waals surface area contributed by atoms with Crippen molar-refractivity contribution in [2.24, 2.45) is 0 Å². The van der Waals surface area contributed by atoms with E-state index >= 15 is 0 Å². The molecule has 2 aliphatic heterocycles. The second-order valence-corrected chi connectivity index (χ2v) is 9.74. The zero-order valence-electron chi connectivity index (χ0n) is 17.9. The number of hydrogen-bond donors (Lipinski definition) is 1. The van der Waals surface area contributed by atoms with Gasteiger partial charge in [0.25, 0.3) is 0 Å². The molecule has 156 valence electrons. The molecule has 28 heavy (non-hydrogen) atoms. The number of aryl methyl sites for hydroxylation is 1. The molecule has 0 aromatic heterocycles. The second-order valence-electron chi connectivity index (χ2n) is 9.74. The van der Waals surface area contributed by atoms with Gasteiger partial charge in [0, 0.05) is 11.6 Å². The van der Waals surface area contributed by atoms with Crippen molar-refractivity contribution < 1.29 is 5.11 Å². The number of hydrogen-bond acceptors (Lipinski definition) is 3. The molecule has 3 heteroatoms. The summed E-state index contributed by atoms with van der Waals surface area (Å²) < 4.78 is 0. The van der Waals surface area contributed by atoms with E-state index in [2.05, 4.69) is 47.1 Å². The third-order valence-electron chi connectivity index (χ3n) is 8.15. The van der Waals surface area contributed by atoms with Crippen LogP contribution in [0.3, 0.4) is 0 Å². The molecule has 1 aromatic carbocycles. The van der Waals surface area contributed by atoms with Gasteiger partial charge in [0.2, 0.25) is 0 Å². The van der Waals surface area contributed by atoms with Gasteiger partial charge in [0.05, 0.1) is 5.60 Å². The third-order valence-corrected chi connectivity index (χ3v) is 8.15. The van der Waals surface area contributed by atoms with Crippen molar-refractivity contribution in [3.05, 3.63) is 35.9 Å². The van der Waals surface area contributed by atoms with Crippen LogP contribution in [0.25, 0.3) is 0 Å². The number of likely N-dealkylation sites (tertiary alicyclic amines) is 2. The first kappa shape index (κ1) is 20.4. The predicted molar refractivity (Wildman–Crippen MR) is 117 cm³/mol. The monoisotopic (exact) mass is 384 g/mol. The number of piperidine rings is 2. The molecule has 1 aliphatic carbocycles. The van der Waals surface area contributed by atoms with Crippen LogP contribution in [0.1, 0.15) is 76.7 Å². The summed E-state index contributed by atoms with van der Waals surface area (Å²) in [5.41, 5.74) is 0.637. The van der Waals surface area contributed by atoms with Crippen LogP contribution in [0.4, 0.5) is 0 Å². The summed E-state index contributed by atoms with van der Waals surface area (Å²) in [6, 6.07) is 11.1. The minimum absolute atomic E-state index is 0.0947. The van der Waals surface area contributed by atoms with E-state index in [1.54, 1.807) is 0 Å². The fraction of sp³-hybridized carbons (Fsp3) is 0.760. The Morgan fingerprint density at radius 2 is 1.54 bits per heavy atom. The van der Waals surface area contributed by atoms with Crippen molar-refractivity contribution in [2.75, 3.05) is 26.2 Å². The van der Waals surface area contributed by atoms with Gasteiger partial charge in [0.1, 0.15) is 0 Å². The molecule has 1 aromatic rings. The highest BCUT2D eigenvalue weighted by molar-refractivity contribution is 5.19. The maximum atomic E-state index is 12.5. The lowest BCUT2D eigenvalue weighted by Crippen LogP contribution is -2.73. The highest BCUT2D eigenvalue weighted by Gasteiger charge is 2.57. The van der Waals surface area contributed by atoms with Crippen molar-refractivity contribution >= 4 is 0 Å². The maximum absolute atomic E-state index is 12.5. The van der Waals surface area contributed by atoms with Crippen LogP contribution in [0, 0.1) is 0 Å². The number of rotatable bonds is 5. The summed E-state index contributed by atoms with van der Waals surface area (Å²) in [6.07, 6.45) is 13.3. The number of aliphatic hydroxyl groups is 1. The van der Waals surface area contributed by atoms with Gasteiger partial charge in [-0.25, -0.2) is 0 Å². The zero-order valence-corrected chi connectivity index (χ0v) is 17.9. The van der Waals surface area contributed by atoms with Gasteiger partial charge in [-0.2, -0.15) is 0 Å². The molecule has 3 fully saturated rings. The summed E-state index contributed by atoms with van der Waals surface area (Å²) in [6.45, 7) is 7.08. The van der Waals surface area contributed by atoms with Crippen LogP contribution >= 0.6 is 0 Å². The first-order chi connectivity index (χ1) is 13.6. The van der Waals surface area contributed by atoms with E-state index in [-0.39, 0.29) is 5.54 Å². The summed E-state index contributed by atoms with van der Waals surface area (Å²) in [4.78, 5) is 5.34. The zero-order chi connectivity index (χ0) is 19.5. The fourth-order valence-corrected chi connectivity index (χ4v) is 6.40. The van der Waals surface area contributed by atoms with Crippen molar-refractivity contribution in [3.8, 4) is 0 Å². The van der Waals surface area contributed by atoms with Crippen LogP contribution in [-0.2, 0) is 6.42 Å². The van der Waals surface area contributed by atoms with Crippen molar-refractivity contribution in [2.45, 2.75) is 94.7 Å². The number of nitrogens with zero attached hydrogens (tertiary/aromatic N) is 2. The molecule has 3 atom stereocenters. The Kier molecular flexibility index (Phi) is 6.44. The highest BCUT2D eigenvalue weighted by atomic mass is 16.3. The summed E-state index contributed by atoms with van der Waals surface area (Å²) >= 11 is 0. The molecule has 1 N–H and O–H groups in total. The molecule has 4 rings (SSSR count). The minimum atomic E-state index is -0.629. The summed E-state index contributed by atoms with van der Waals surface area (Å²) in [5, 5.41) is 12.5. The lowest BCUT2D eigenvalue weighted by molar-refractivity contribution is -0.181. The quantitative estimate of drug-likeness (QED) is 0.801. The second kappa shape index (κ2) is 8.85. The maximum Gasteiger partial charge on any atom is 0.0985 e. The lowest BCUT2D eigenvalue weighted by Gasteiger charge is -2.61. The van der Waals surface area contributed by atoms with Gasteiger partial charge < -0.3 is 5.11 Å². The predicted octanol–water partition coefficient (Wildman–Crippen LogP) is 4.63. The molecular formula is C25H40N2O. The molecule has 3 nitrogen and oxygen atoms in total. The number of benzene rings is 1. The van der Waals surface area contributed by atoms with Gasteiger partial charge in [-0.15, -0.1) is 0 Å². The van der Waals surface area contributed by atoms with Crippen LogP contribution < -0.4 is 0 Å². The first-order valence-electron chi connectivity index (χ1n) is 11.9. The molecule has 2 heterocycles. The van der Waals surface area contributed by atoms with Gasteiger partial charge in [-0.1, -0.05) is 43.2 Å². The largest absolute Gasteiger partial charge is 0.386 e. The Bertz CT molecular complexity index is 608. The Morgan fingerprint density at radius 3 is 2.21 bits per heavy atom. The van der Waals surface area contributed by atoms with E-state index in [1.807, 2.05) is 0 Å². The van der Waals surface area contributed by atoms with E-state index in [4.69, 9.17) is 0 Å². The van der Waals surface area contributed by atoms with E-state index in [0.717, 1.165) is 38.8 Å². The molecule has 0 bridgehead atoms. The van der Waals surface area contributed by atoms with Crippen LogP contribution in [0.5, 0.6) is 0 Å². The van der Waals surface area contributed by atoms with E-state index in [1.165, 1.54) is 63.6 Å². The normalized spacial score (nSPS) is 35.7. The molecular weight excluding hydrogens is 344 g/mol. The van der Waals surface area contributed by atoms with Crippen LogP contribution in [0.2, 0.25) is 0 Å². The van der Waals surface area contributed by atoms with Crippen LogP contribution in [0.15, 0.2) is 30.3 Å². The Morgan fingerprint density at radius 1 is 0.893 bits per heavy atom. The summed E-state index contributed by atoms with van der Waals surface area (Å²) in [7, 11) is 0. The standard InChI is InChI=1S/C25H40N2O/c1-24(27-20-9-4-10-21-27)16-11-14-23(26-18-7-3-8-19-26)25(24,28)17-15-22-12-5-2-6-13-22/h2,5-6,12-13,23,28H,3-4,7-11,14-21H2,1H3. The topological polar surface area (TPSA) is 26.7 Å². The van der Waals surface area contributed by atoms with Gasteiger partial charge >= 0.3 is 0 Å². The Labute approximate surface area is 172 Å². The molecule has 1 saturated carbocycles.